The van der Waals surface area contributed by atoms with Crippen LogP contribution < -0.4 is 17.0 Å². The van der Waals surface area contributed by atoms with E-state index in [1.165, 1.54) is 6.21 Å². The van der Waals surface area contributed by atoms with Gasteiger partial charge in [-0.05, 0) is 0 Å². The van der Waals surface area contributed by atoms with Crippen LogP contribution in [0, 0.1) is 0 Å². The van der Waals surface area contributed by atoms with Gasteiger partial charge in [-0.25, -0.2) is 11.0 Å². The molecule has 0 aliphatic carbocycles. The Morgan fingerprint density at radius 2 is 2.50 bits per heavy atom. The van der Waals surface area contributed by atoms with E-state index in [0.29, 0.717) is 11.5 Å². The summed E-state index contributed by atoms with van der Waals surface area (Å²) >= 11 is 0. The van der Waals surface area contributed by atoms with Crippen molar-refractivity contribution in [3.8, 4) is 0 Å². The predicted molar refractivity (Wildman–Crippen MR) is 52.1 cm³/mol. The van der Waals surface area contributed by atoms with Gasteiger partial charge >= 0.3 is 0 Å². The van der Waals surface area contributed by atoms with Gasteiger partial charge in [-0.1, -0.05) is 0 Å². The van der Waals surface area contributed by atoms with Gasteiger partial charge in [0, 0.05) is 6.07 Å². The molecule has 8 nitrogen and oxygen atoms in total. The summed E-state index contributed by atoms with van der Waals surface area (Å²) < 4.78 is 0. The van der Waals surface area contributed by atoms with E-state index in [1.54, 1.807) is 12.3 Å². The molecule has 0 aromatic carbocycles. The number of aromatic nitrogens is 2. The average molecular weight is 194 g/mol. The molecule has 0 bridgehead atoms. The minimum absolute atomic E-state index is 0.509. The zero-order valence-electron chi connectivity index (χ0n) is 7.25. The fourth-order valence-corrected chi connectivity index (χ4v) is 0.947. The Hall–Kier alpha value is -1.93. The average Bonchev–Trinajstić information content (AvgIpc) is 2.77. The maximum Gasteiger partial charge on any atom is 0.157 e. The number of hydrazine groups is 1. The zero-order chi connectivity index (χ0) is 9.97. The van der Waals surface area contributed by atoms with Crippen molar-refractivity contribution in [3.05, 3.63) is 12.3 Å². The SMILES string of the molecule is NC1C(=NNc2ccn[nH]2)C=NN1N. The quantitative estimate of drug-likeness (QED) is 0.342. The second-order valence-electron chi connectivity index (χ2n) is 2.69. The molecule has 1 unspecified atom stereocenters. The van der Waals surface area contributed by atoms with E-state index in [4.69, 9.17) is 11.6 Å². The number of rotatable bonds is 2. The molecule has 0 saturated carbocycles. The van der Waals surface area contributed by atoms with Crippen LogP contribution in [0.5, 0.6) is 0 Å². The van der Waals surface area contributed by atoms with Crippen molar-refractivity contribution in [2.24, 2.45) is 21.8 Å². The van der Waals surface area contributed by atoms with Crippen LogP contribution in [0.3, 0.4) is 0 Å². The van der Waals surface area contributed by atoms with Gasteiger partial charge in [0.25, 0.3) is 0 Å². The summed E-state index contributed by atoms with van der Waals surface area (Å²) in [6, 6.07) is 1.74. The highest BCUT2D eigenvalue weighted by atomic mass is 15.7. The molecule has 1 aliphatic rings. The lowest BCUT2D eigenvalue weighted by molar-refractivity contribution is 0.280. The molecule has 2 heterocycles. The van der Waals surface area contributed by atoms with Crippen molar-refractivity contribution in [1.29, 1.82) is 0 Å². The Bertz CT molecular complexity index is 352. The molecule has 0 amide bonds. The van der Waals surface area contributed by atoms with Crippen LogP contribution in [0.2, 0.25) is 0 Å². The van der Waals surface area contributed by atoms with Gasteiger partial charge in [0.15, 0.2) is 6.17 Å². The van der Waals surface area contributed by atoms with Crippen molar-refractivity contribution < 1.29 is 0 Å². The molecule has 1 aliphatic heterocycles. The number of hydrogen-bond acceptors (Lipinski definition) is 7. The van der Waals surface area contributed by atoms with Crippen LogP contribution in [0.25, 0.3) is 0 Å². The fraction of sp³-hybridized carbons (Fsp3) is 0.167. The van der Waals surface area contributed by atoms with Crippen molar-refractivity contribution in [2.75, 3.05) is 5.43 Å². The van der Waals surface area contributed by atoms with Gasteiger partial charge < -0.3 is 5.73 Å². The van der Waals surface area contributed by atoms with Crippen molar-refractivity contribution in [3.63, 3.8) is 0 Å². The van der Waals surface area contributed by atoms with E-state index in [2.05, 4.69) is 25.8 Å². The molecular weight excluding hydrogens is 184 g/mol. The van der Waals surface area contributed by atoms with E-state index >= 15 is 0 Å². The first-order valence-electron chi connectivity index (χ1n) is 3.94. The Balaban J connectivity index is 2.03. The lowest BCUT2D eigenvalue weighted by Gasteiger charge is -2.12. The molecule has 1 aromatic heterocycles. The first-order valence-corrected chi connectivity index (χ1v) is 3.94. The second-order valence-corrected chi connectivity index (χ2v) is 2.69. The Morgan fingerprint density at radius 1 is 1.64 bits per heavy atom. The smallest absolute Gasteiger partial charge is 0.157 e. The molecule has 6 N–H and O–H groups in total. The van der Waals surface area contributed by atoms with E-state index in [-0.39, 0.29) is 0 Å². The lowest BCUT2D eigenvalue weighted by atomic mass is 10.3. The summed E-state index contributed by atoms with van der Waals surface area (Å²) in [5.41, 5.74) is 8.93. The van der Waals surface area contributed by atoms with Crippen LogP contribution in [-0.2, 0) is 0 Å². The maximum atomic E-state index is 5.64. The van der Waals surface area contributed by atoms with Crippen molar-refractivity contribution >= 4 is 17.7 Å². The maximum absolute atomic E-state index is 5.64. The highest BCUT2D eigenvalue weighted by molar-refractivity contribution is 6.34. The number of anilines is 1. The van der Waals surface area contributed by atoms with Crippen LogP contribution in [0.4, 0.5) is 5.82 Å². The third-order valence-electron chi connectivity index (χ3n) is 1.72. The topological polar surface area (TPSA) is 121 Å². The zero-order valence-corrected chi connectivity index (χ0v) is 7.25. The first kappa shape index (κ1) is 8.66. The molecule has 14 heavy (non-hydrogen) atoms. The first-order chi connectivity index (χ1) is 6.77. The number of hydrogen-bond donors (Lipinski definition) is 4. The standard InChI is InChI=1S/C6H10N8/c7-6-4(3-10-14(6)8)11-13-5-1-2-9-12-5/h1-3,6H,7-8H2,(H2,9,12,13). The predicted octanol–water partition coefficient (Wildman–Crippen LogP) is -1.36. The summed E-state index contributed by atoms with van der Waals surface area (Å²) in [4.78, 5) is 0. The van der Waals surface area contributed by atoms with Crippen molar-refractivity contribution in [1.82, 2.24) is 15.3 Å². The minimum atomic E-state index is -0.509. The fourth-order valence-electron chi connectivity index (χ4n) is 0.947. The minimum Gasteiger partial charge on any atom is -0.303 e. The van der Waals surface area contributed by atoms with Gasteiger partial charge in [0.2, 0.25) is 0 Å². The van der Waals surface area contributed by atoms with Gasteiger partial charge in [-0.15, -0.1) is 0 Å². The van der Waals surface area contributed by atoms with Gasteiger partial charge in [0.05, 0.1) is 12.4 Å². The third kappa shape index (κ3) is 1.56. The molecule has 0 fully saturated rings. The van der Waals surface area contributed by atoms with E-state index in [9.17, 15) is 0 Å². The van der Waals surface area contributed by atoms with Crippen LogP contribution in [-0.4, -0.2) is 33.4 Å². The monoisotopic (exact) mass is 194 g/mol. The van der Waals surface area contributed by atoms with Crippen LogP contribution >= 0.6 is 0 Å². The number of nitrogens with zero attached hydrogens (tertiary/aromatic N) is 4. The Morgan fingerprint density at radius 3 is 3.07 bits per heavy atom. The highest BCUT2D eigenvalue weighted by Gasteiger charge is 2.20. The Kier molecular flexibility index (Phi) is 2.13. The normalized spacial score (nSPS) is 23.4. The summed E-state index contributed by atoms with van der Waals surface area (Å²) in [6.07, 6.45) is 2.60. The summed E-state index contributed by atoms with van der Waals surface area (Å²) in [6.45, 7) is 0. The number of hydrazone groups is 2. The summed E-state index contributed by atoms with van der Waals surface area (Å²) in [7, 11) is 0. The van der Waals surface area contributed by atoms with Crippen LogP contribution in [0.1, 0.15) is 0 Å². The molecule has 0 saturated heterocycles. The Labute approximate surface area is 79.6 Å². The molecule has 0 radical (unpaired) electrons. The van der Waals surface area contributed by atoms with E-state index in [1.807, 2.05) is 0 Å². The molecule has 0 spiro atoms. The number of nitrogens with two attached hydrogens (primary N) is 2. The highest BCUT2D eigenvalue weighted by Crippen LogP contribution is 2.01. The molecule has 1 aromatic rings. The van der Waals surface area contributed by atoms with Gasteiger partial charge in [-0.3, -0.25) is 10.5 Å². The summed E-state index contributed by atoms with van der Waals surface area (Å²) in [5, 5.41) is 15.3. The lowest BCUT2D eigenvalue weighted by Crippen LogP contribution is -2.44. The number of aromatic amines is 1. The molecular formula is C6H10N8. The number of H-pyrrole nitrogens is 1. The second kappa shape index (κ2) is 3.44. The third-order valence-corrected chi connectivity index (χ3v) is 1.72. The van der Waals surface area contributed by atoms with E-state index < -0.39 is 6.17 Å². The molecule has 74 valence electrons. The van der Waals surface area contributed by atoms with Crippen LogP contribution in [0.15, 0.2) is 22.5 Å². The van der Waals surface area contributed by atoms with Crippen molar-refractivity contribution in [2.45, 2.75) is 6.17 Å². The number of nitrogens with one attached hydrogen (secondary N) is 2. The van der Waals surface area contributed by atoms with Gasteiger partial charge in [-0.2, -0.15) is 15.3 Å². The molecule has 1 atom stereocenters. The molecule has 2 rings (SSSR count). The largest absolute Gasteiger partial charge is 0.303 e. The van der Waals surface area contributed by atoms with E-state index in [0.717, 1.165) is 5.12 Å². The molecule has 8 heteroatoms. The summed E-state index contributed by atoms with van der Waals surface area (Å²) in [5.74, 6) is 6.07. The van der Waals surface area contributed by atoms with Gasteiger partial charge in [0.1, 0.15) is 11.5 Å².